The highest BCUT2D eigenvalue weighted by Crippen LogP contribution is 2.29. The topological polar surface area (TPSA) is 73.6 Å². The molecule has 0 fully saturated rings. The maximum atomic E-state index is 11.9. The van der Waals surface area contributed by atoms with Gasteiger partial charge < -0.3 is 20.5 Å². The van der Waals surface area contributed by atoms with Crippen LogP contribution in [0.1, 0.15) is 12.0 Å². The van der Waals surface area contributed by atoms with Gasteiger partial charge in [-0.2, -0.15) is 0 Å². The average molecular weight is 262 g/mol. The summed E-state index contributed by atoms with van der Waals surface area (Å²) in [5, 5.41) is 2.81. The molecule has 0 saturated carbocycles. The predicted octanol–water partition coefficient (Wildman–Crippen LogP) is 0.936. The molecule has 5 heteroatoms. The Kier molecular flexibility index (Phi) is 4.41. The van der Waals surface area contributed by atoms with Crippen LogP contribution in [0.2, 0.25) is 0 Å². The second kappa shape index (κ2) is 6.24. The fourth-order valence-electron chi connectivity index (χ4n) is 1.83. The van der Waals surface area contributed by atoms with E-state index in [1.54, 1.807) is 7.11 Å². The summed E-state index contributed by atoms with van der Waals surface area (Å²) in [7, 11) is 1.61. The Hall–Kier alpha value is -2.01. The van der Waals surface area contributed by atoms with Crippen LogP contribution in [0.15, 0.2) is 23.8 Å². The summed E-state index contributed by atoms with van der Waals surface area (Å²) in [6.45, 7) is 1.43. The number of rotatable bonds is 5. The van der Waals surface area contributed by atoms with Crippen LogP contribution in [0.5, 0.6) is 11.5 Å². The molecule has 1 aromatic rings. The summed E-state index contributed by atoms with van der Waals surface area (Å²) in [6.07, 6.45) is 2.60. The van der Waals surface area contributed by atoms with Crippen molar-refractivity contribution in [3.05, 3.63) is 29.3 Å². The number of carbonyl (C=O) groups excluding carboxylic acids is 1. The van der Waals surface area contributed by atoms with Gasteiger partial charge in [0.2, 0.25) is 0 Å². The number of benzene rings is 1. The van der Waals surface area contributed by atoms with Gasteiger partial charge in [-0.15, -0.1) is 0 Å². The normalized spacial score (nSPS) is 13.1. The molecule has 5 nitrogen and oxygen atoms in total. The van der Waals surface area contributed by atoms with Crippen molar-refractivity contribution in [3.8, 4) is 11.5 Å². The molecule has 0 aliphatic carbocycles. The Bertz CT molecular complexity index is 497. The van der Waals surface area contributed by atoms with Crippen molar-refractivity contribution in [2.75, 3.05) is 26.8 Å². The average Bonchev–Trinajstić information content (AvgIpc) is 2.46. The zero-order valence-electron chi connectivity index (χ0n) is 10.9. The number of carbonyl (C=O) groups is 1. The van der Waals surface area contributed by atoms with Crippen LogP contribution in [0.25, 0.3) is 6.08 Å². The first kappa shape index (κ1) is 13.4. The highest BCUT2D eigenvalue weighted by atomic mass is 16.5. The summed E-state index contributed by atoms with van der Waals surface area (Å²) >= 11 is 0. The van der Waals surface area contributed by atoms with E-state index in [9.17, 15) is 4.79 Å². The zero-order chi connectivity index (χ0) is 13.7. The molecule has 1 aliphatic rings. The molecule has 0 bridgehead atoms. The minimum absolute atomic E-state index is 0.109. The van der Waals surface area contributed by atoms with E-state index >= 15 is 0 Å². The van der Waals surface area contributed by atoms with Crippen molar-refractivity contribution in [3.63, 3.8) is 0 Å². The van der Waals surface area contributed by atoms with Gasteiger partial charge in [-0.25, -0.2) is 0 Å². The number of ether oxygens (including phenoxy) is 2. The Labute approximate surface area is 112 Å². The van der Waals surface area contributed by atoms with Crippen LogP contribution in [0.4, 0.5) is 0 Å². The molecule has 0 radical (unpaired) electrons. The number of hydrogen-bond donors (Lipinski definition) is 2. The maximum absolute atomic E-state index is 11.9. The predicted molar refractivity (Wildman–Crippen MR) is 73.1 cm³/mol. The van der Waals surface area contributed by atoms with Crippen LogP contribution in [0.3, 0.4) is 0 Å². The minimum Gasteiger partial charge on any atom is -0.497 e. The van der Waals surface area contributed by atoms with Crippen molar-refractivity contribution < 1.29 is 14.3 Å². The Morgan fingerprint density at radius 3 is 3.11 bits per heavy atom. The summed E-state index contributed by atoms with van der Waals surface area (Å²) in [4.78, 5) is 11.9. The highest BCUT2D eigenvalue weighted by molar-refractivity contribution is 5.99. The molecule has 1 aromatic carbocycles. The molecule has 0 saturated heterocycles. The summed E-state index contributed by atoms with van der Waals surface area (Å²) < 4.78 is 10.7. The van der Waals surface area contributed by atoms with Crippen molar-refractivity contribution in [1.82, 2.24) is 5.32 Å². The van der Waals surface area contributed by atoms with E-state index in [-0.39, 0.29) is 12.5 Å². The van der Waals surface area contributed by atoms with Crippen molar-refractivity contribution in [2.45, 2.75) is 6.42 Å². The quantitative estimate of drug-likeness (QED) is 0.774. The van der Waals surface area contributed by atoms with Gasteiger partial charge in [0, 0.05) is 12.1 Å². The smallest absolute Gasteiger partial charge is 0.250 e. The monoisotopic (exact) mass is 262 g/mol. The van der Waals surface area contributed by atoms with Gasteiger partial charge >= 0.3 is 0 Å². The lowest BCUT2D eigenvalue weighted by molar-refractivity contribution is -0.117. The molecule has 2 rings (SSSR count). The van der Waals surface area contributed by atoms with Gasteiger partial charge in [-0.3, -0.25) is 4.79 Å². The molecular weight excluding hydrogens is 244 g/mol. The molecule has 0 spiro atoms. The molecule has 1 heterocycles. The second-order valence-electron chi connectivity index (χ2n) is 4.26. The van der Waals surface area contributed by atoms with E-state index in [1.807, 2.05) is 24.3 Å². The Balaban J connectivity index is 2.11. The SMILES string of the molecule is COc1ccc2c(c1)C=C(C(=O)NCCCN)CO2. The van der Waals surface area contributed by atoms with Crippen molar-refractivity contribution in [2.24, 2.45) is 5.73 Å². The van der Waals surface area contributed by atoms with Gasteiger partial charge in [0.15, 0.2) is 0 Å². The first-order valence-electron chi connectivity index (χ1n) is 6.24. The van der Waals surface area contributed by atoms with Gasteiger partial charge in [0.25, 0.3) is 5.91 Å². The van der Waals surface area contributed by atoms with Crippen LogP contribution < -0.4 is 20.5 Å². The van der Waals surface area contributed by atoms with Crippen LogP contribution in [-0.4, -0.2) is 32.7 Å². The van der Waals surface area contributed by atoms with Gasteiger partial charge in [0.05, 0.1) is 12.7 Å². The molecule has 0 aromatic heterocycles. The summed E-state index contributed by atoms with van der Waals surface area (Å²) in [5.74, 6) is 1.39. The number of nitrogens with two attached hydrogens (primary N) is 1. The fourth-order valence-corrected chi connectivity index (χ4v) is 1.83. The summed E-state index contributed by atoms with van der Waals surface area (Å²) in [6, 6.07) is 5.52. The van der Waals surface area contributed by atoms with Gasteiger partial charge in [-0.05, 0) is 37.2 Å². The van der Waals surface area contributed by atoms with Crippen LogP contribution >= 0.6 is 0 Å². The molecule has 3 N–H and O–H groups in total. The van der Waals surface area contributed by atoms with Gasteiger partial charge in [0.1, 0.15) is 18.1 Å². The first-order chi connectivity index (χ1) is 9.24. The van der Waals surface area contributed by atoms with Crippen LogP contribution in [0, 0.1) is 0 Å². The van der Waals surface area contributed by atoms with E-state index in [0.717, 1.165) is 23.5 Å². The lowest BCUT2D eigenvalue weighted by Gasteiger charge is -2.18. The Morgan fingerprint density at radius 1 is 1.53 bits per heavy atom. The third-order valence-electron chi connectivity index (χ3n) is 2.89. The number of methoxy groups -OCH3 is 1. The molecule has 0 atom stereocenters. The molecule has 0 unspecified atom stereocenters. The van der Waals surface area contributed by atoms with Crippen molar-refractivity contribution in [1.29, 1.82) is 0 Å². The fraction of sp³-hybridized carbons (Fsp3) is 0.357. The number of amides is 1. The van der Waals surface area contributed by atoms with E-state index in [0.29, 0.717) is 18.7 Å². The van der Waals surface area contributed by atoms with Crippen molar-refractivity contribution >= 4 is 12.0 Å². The molecule has 1 aliphatic heterocycles. The van der Waals surface area contributed by atoms with E-state index < -0.39 is 0 Å². The molecule has 102 valence electrons. The molecule has 19 heavy (non-hydrogen) atoms. The number of hydrogen-bond acceptors (Lipinski definition) is 4. The number of nitrogens with one attached hydrogen (secondary N) is 1. The molecular formula is C14H18N2O3. The highest BCUT2D eigenvalue weighted by Gasteiger charge is 2.17. The van der Waals surface area contributed by atoms with Crippen LogP contribution in [-0.2, 0) is 4.79 Å². The lowest BCUT2D eigenvalue weighted by Crippen LogP contribution is -2.30. The van der Waals surface area contributed by atoms with Gasteiger partial charge in [-0.1, -0.05) is 0 Å². The lowest BCUT2D eigenvalue weighted by atomic mass is 10.1. The third-order valence-corrected chi connectivity index (χ3v) is 2.89. The van der Waals surface area contributed by atoms with E-state index in [2.05, 4.69) is 5.32 Å². The second-order valence-corrected chi connectivity index (χ2v) is 4.26. The zero-order valence-corrected chi connectivity index (χ0v) is 10.9. The molecule has 1 amide bonds. The number of fused-ring (bicyclic) bond motifs is 1. The Morgan fingerprint density at radius 2 is 2.37 bits per heavy atom. The largest absolute Gasteiger partial charge is 0.497 e. The summed E-state index contributed by atoms with van der Waals surface area (Å²) in [5.41, 5.74) is 6.85. The first-order valence-corrected chi connectivity index (χ1v) is 6.24. The van der Waals surface area contributed by atoms with E-state index in [4.69, 9.17) is 15.2 Å². The standard InChI is InChI=1S/C14H18N2O3/c1-18-12-3-4-13-10(8-12)7-11(9-19-13)14(17)16-6-2-5-15/h3-4,7-8H,2,5-6,9,15H2,1H3,(H,16,17). The van der Waals surface area contributed by atoms with E-state index in [1.165, 1.54) is 0 Å². The minimum atomic E-state index is -0.109. The third kappa shape index (κ3) is 3.26. The maximum Gasteiger partial charge on any atom is 0.250 e.